The summed E-state index contributed by atoms with van der Waals surface area (Å²) < 4.78 is 21.5. The smallest absolute Gasteiger partial charge is 0.248 e. The molecule has 2 atom stereocenters. The Balaban J connectivity index is 1.81. The van der Waals surface area contributed by atoms with Gasteiger partial charge in [0.2, 0.25) is 5.91 Å². The molecular weight excluding hydrogens is 384 g/mol. The first-order valence-electron chi connectivity index (χ1n) is 10.3. The normalized spacial score (nSPS) is 19.2. The van der Waals surface area contributed by atoms with E-state index in [1.165, 1.54) is 5.56 Å². The molecule has 0 bridgehead atoms. The number of carbonyl (C=O) groups excluding carboxylic acids is 1. The predicted molar refractivity (Wildman–Crippen MR) is 114 cm³/mol. The number of amides is 1. The molecule has 2 heterocycles. The van der Waals surface area contributed by atoms with Gasteiger partial charge in [0, 0.05) is 46.3 Å². The third kappa shape index (κ3) is 5.62. The molecule has 1 aromatic heterocycles. The molecule has 7 heteroatoms. The van der Waals surface area contributed by atoms with Gasteiger partial charge in [-0.2, -0.15) is 0 Å². The minimum absolute atomic E-state index is 0.0159. The van der Waals surface area contributed by atoms with Crippen molar-refractivity contribution in [2.75, 3.05) is 60.7 Å². The number of furan rings is 1. The molecule has 0 N–H and O–H groups in total. The molecule has 0 aliphatic carbocycles. The number of para-hydroxylation sites is 1. The van der Waals surface area contributed by atoms with Gasteiger partial charge in [-0.1, -0.05) is 18.2 Å². The highest BCUT2D eigenvalue weighted by Crippen LogP contribution is 2.38. The van der Waals surface area contributed by atoms with Crippen molar-refractivity contribution in [2.24, 2.45) is 5.92 Å². The zero-order valence-corrected chi connectivity index (χ0v) is 18.1. The Kier molecular flexibility index (Phi) is 8.30. The zero-order valence-electron chi connectivity index (χ0n) is 18.1. The van der Waals surface area contributed by atoms with Crippen molar-refractivity contribution in [3.8, 4) is 5.75 Å². The number of carbonyl (C=O) groups is 1. The van der Waals surface area contributed by atoms with Crippen LogP contribution in [0.2, 0.25) is 0 Å². The second kappa shape index (κ2) is 11.2. The molecule has 1 saturated heterocycles. The van der Waals surface area contributed by atoms with Crippen LogP contribution in [0.3, 0.4) is 0 Å². The van der Waals surface area contributed by atoms with Crippen LogP contribution in [-0.2, 0) is 20.8 Å². The Labute approximate surface area is 178 Å². The molecule has 1 aliphatic heterocycles. The Morgan fingerprint density at radius 3 is 2.67 bits per heavy atom. The third-order valence-electron chi connectivity index (χ3n) is 5.66. The van der Waals surface area contributed by atoms with Gasteiger partial charge in [-0.25, -0.2) is 0 Å². The number of ether oxygens (including phenoxy) is 3. The van der Waals surface area contributed by atoms with Crippen LogP contribution in [0.4, 0.5) is 0 Å². The van der Waals surface area contributed by atoms with Crippen LogP contribution in [0.15, 0.2) is 47.1 Å². The number of nitrogens with zero attached hydrogens (tertiary/aromatic N) is 2. The van der Waals surface area contributed by atoms with Crippen LogP contribution in [0, 0.1) is 5.92 Å². The standard InChI is InChI=1S/C23H32N2O5/c1-27-12-10-25(23(26)17-28-2)14-18-13-24(15-19-7-6-11-30-19)16-21(18)20-8-4-5-9-22(20)29-3/h4-9,11,18,21H,10,12-17H2,1-3H3/t18-,21+/m0/s1. The highest BCUT2D eigenvalue weighted by Gasteiger charge is 2.37. The van der Waals surface area contributed by atoms with Crippen molar-refractivity contribution in [1.29, 1.82) is 0 Å². The summed E-state index contributed by atoms with van der Waals surface area (Å²) in [4.78, 5) is 16.9. The van der Waals surface area contributed by atoms with E-state index in [9.17, 15) is 4.79 Å². The summed E-state index contributed by atoms with van der Waals surface area (Å²) in [7, 11) is 4.90. The van der Waals surface area contributed by atoms with Gasteiger partial charge in [-0.15, -0.1) is 0 Å². The minimum Gasteiger partial charge on any atom is -0.496 e. The van der Waals surface area contributed by atoms with Gasteiger partial charge in [0.1, 0.15) is 18.1 Å². The van der Waals surface area contributed by atoms with Crippen LogP contribution in [0.5, 0.6) is 5.75 Å². The Hall–Kier alpha value is -2.35. The maximum atomic E-state index is 12.6. The van der Waals surface area contributed by atoms with Gasteiger partial charge in [0.25, 0.3) is 0 Å². The predicted octanol–water partition coefficient (Wildman–Crippen LogP) is 2.63. The van der Waals surface area contributed by atoms with E-state index < -0.39 is 0 Å². The molecule has 1 fully saturated rings. The largest absolute Gasteiger partial charge is 0.496 e. The lowest BCUT2D eigenvalue weighted by Crippen LogP contribution is -2.41. The monoisotopic (exact) mass is 416 g/mol. The summed E-state index contributed by atoms with van der Waals surface area (Å²) in [6.45, 7) is 4.26. The Morgan fingerprint density at radius 1 is 1.13 bits per heavy atom. The van der Waals surface area contributed by atoms with E-state index in [1.807, 2.05) is 35.2 Å². The van der Waals surface area contributed by atoms with E-state index in [0.717, 1.165) is 31.1 Å². The summed E-state index contributed by atoms with van der Waals surface area (Å²) in [6.07, 6.45) is 1.70. The van der Waals surface area contributed by atoms with Gasteiger partial charge in [-0.3, -0.25) is 9.69 Å². The van der Waals surface area contributed by atoms with Crippen molar-refractivity contribution >= 4 is 5.91 Å². The maximum Gasteiger partial charge on any atom is 0.248 e. The van der Waals surface area contributed by atoms with Crippen LogP contribution in [-0.4, -0.2) is 76.4 Å². The second-order valence-electron chi connectivity index (χ2n) is 7.65. The highest BCUT2D eigenvalue weighted by molar-refractivity contribution is 5.77. The maximum absolute atomic E-state index is 12.6. The Morgan fingerprint density at radius 2 is 1.97 bits per heavy atom. The quantitative estimate of drug-likeness (QED) is 0.561. The molecular formula is C23H32N2O5. The lowest BCUT2D eigenvalue weighted by molar-refractivity contribution is -0.136. The van der Waals surface area contributed by atoms with Gasteiger partial charge < -0.3 is 23.5 Å². The van der Waals surface area contributed by atoms with Crippen molar-refractivity contribution in [2.45, 2.75) is 12.5 Å². The first-order chi connectivity index (χ1) is 14.7. The number of hydrogen-bond acceptors (Lipinski definition) is 6. The van der Waals surface area contributed by atoms with Crippen LogP contribution < -0.4 is 4.74 Å². The molecule has 1 aliphatic rings. The third-order valence-corrected chi connectivity index (χ3v) is 5.66. The van der Waals surface area contributed by atoms with E-state index in [4.69, 9.17) is 18.6 Å². The Bertz CT molecular complexity index is 780. The van der Waals surface area contributed by atoms with E-state index in [0.29, 0.717) is 19.7 Å². The van der Waals surface area contributed by atoms with Crippen LogP contribution in [0.25, 0.3) is 0 Å². The number of rotatable bonds is 11. The fourth-order valence-electron chi connectivity index (χ4n) is 4.24. The van der Waals surface area contributed by atoms with E-state index in [1.54, 1.807) is 27.6 Å². The first-order valence-corrected chi connectivity index (χ1v) is 10.3. The lowest BCUT2D eigenvalue weighted by atomic mass is 9.88. The van der Waals surface area contributed by atoms with E-state index in [-0.39, 0.29) is 24.3 Å². The summed E-state index contributed by atoms with van der Waals surface area (Å²) in [5, 5.41) is 0. The zero-order chi connectivity index (χ0) is 21.3. The van der Waals surface area contributed by atoms with E-state index in [2.05, 4.69) is 11.0 Å². The van der Waals surface area contributed by atoms with Crippen molar-refractivity contribution in [1.82, 2.24) is 9.80 Å². The number of benzene rings is 1. The molecule has 1 aromatic carbocycles. The van der Waals surface area contributed by atoms with Gasteiger partial charge in [0.15, 0.2) is 0 Å². The van der Waals surface area contributed by atoms with Crippen LogP contribution in [0.1, 0.15) is 17.2 Å². The topological polar surface area (TPSA) is 64.4 Å². The fourth-order valence-corrected chi connectivity index (χ4v) is 4.24. The number of hydrogen-bond donors (Lipinski definition) is 0. The average molecular weight is 417 g/mol. The minimum atomic E-state index is -0.0159. The lowest BCUT2D eigenvalue weighted by Gasteiger charge is -2.28. The van der Waals surface area contributed by atoms with Crippen LogP contribution >= 0.6 is 0 Å². The summed E-state index contributed by atoms with van der Waals surface area (Å²) in [5.41, 5.74) is 1.18. The van der Waals surface area contributed by atoms with Crippen molar-refractivity contribution in [3.05, 3.63) is 54.0 Å². The molecule has 30 heavy (non-hydrogen) atoms. The molecule has 0 spiro atoms. The fraction of sp³-hybridized carbons (Fsp3) is 0.522. The molecule has 1 amide bonds. The van der Waals surface area contributed by atoms with Gasteiger partial charge in [-0.05, 0) is 29.7 Å². The van der Waals surface area contributed by atoms with Crippen molar-refractivity contribution in [3.63, 3.8) is 0 Å². The molecule has 0 radical (unpaired) electrons. The number of methoxy groups -OCH3 is 3. The van der Waals surface area contributed by atoms with Crippen molar-refractivity contribution < 1.29 is 23.4 Å². The first kappa shape index (κ1) is 22.3. The average Bonchev–Trinajstić information content (AvgIpc) is 3.41. The molecule has 3 rings (SSSR count). The molecule has 7 nitrogen and oxygen atoms in total. The summed E-state index contributed by atoms with van der Waals surface area (Å²) >= 11 is 0. The summed E-state index contributed by atoms with van der Waals surface area (Å²) in [5.74, 6) is 2.32. The van der Waals surface area contributed by atoms with Gasteiger partial charge in [0.05, 0.1) is 26.5 Å². The SMILES string of the molecule is COCCN(C[C@@H]1CN(Cc2ccco2)C[C@H]1c1ccccc1OC)C(=O)COC. The van der Waals surface area contributed by atoms with E-state index >= 15 is 0 Å². The molecule has 164 valence electrons. The molecule has 0 unspecified atom stereocenters. The molecule has 2 aromatic rings. The number of likely N-dealkylation sites (tertiary alicyclic amines) is 1. The summed E-state index contributed by atoms with van der Waals surface area (Å²) in [6, 6.07) is 12.1. The highest BCUT2D eigenvalue weighted by atomic mass is 16.5. The van der Waals surface area contributed by atoms with Gasteiger partial charge >= 0.3 is 0 Å². The second-order valence-corrected chi connectivity index (χ2v) is 7.65. The molecule has 0 saturated carbocycles.